The van der Waals surface area contributed by atoms with Crippen LogP contribution in [0.1, 0.15) is 37.3 Å². The lowest BCUT2D eigenvalue weighted by atomic mass is 10.1. The molecule has 0 aliphatic carbocycles. The molecule has 1 aliphatic heterocycles. The number of nitrogens with one attached hydrogen (secondary N) is 2. The van der Waals surface area contributed by atoms with Gasteiger partial charge in [0.2, 0.25) is 5.91 Å². The molecule has 7 heteroatoms. The summed E-state index contributed by atoms with van der Waals surface area (Å²) in [7, 11) is 0. The molecule has 3 rings (SSSR count). The fourth-order valence-electron chi connectivity index (χ4n) is 3.34. The Labute approximate surface area is 202 Å². The van der Waals surface area contributed by atoms with Crippen molar-refractivity contribution in [3.8, 4) is 5.75 Å². The van der Waals surface area contributed by atoms with Crippen molar-refractivity contribution in [3.05, 3.63) is 65.7 Å². The van der Waals surface area contributed by atoms with Crippen LogP contribution in [0.15, 0.2) is 59.6 Å². The van der Waals surface area contributed by atoms with Gasteiger partial charge in [-0.25, -0.2) is 4.99 Å². The average Bonchev–Trinajstić information content (AvgIpc) is 3.18. The summed E-state index contributed by atoms with van der Waals surface area (Å²) in [4.78, 5) is 18.4. The van der Waals surface area contributed by atoms with E-state index in [1.807, 2.05) is 35.2 Å². The predicted octanol–water partition coefficient (Wildman–Crippen LogP) is 3.95. The zero-order chi connectivity index (χ0) is 21.0. The van der Waals surface area contributed by atoms with E-state index in [1.165, 1.54) is 5.56 Å². The molecule has 168 valence electrons. The van der Waals surface area contributed by atoms with E-state index in [1.54, 1.807) is 0 Å². The third kappa shape index (κ3) is 8.77. The largest absolute Gasteiger partial charge is 0.494 e. The Hall–Kier alpha value is -2.29. The second kappa shape index (κ2) is 13.9. The summed E-state index contributed by atoms with van der Waals surface area (Å²) in [5, 5.41) is 6.64. The van der Waals surface area contributed by atoms with Gasteiger partial charge in [0, 0.05) is 32.6 Å². The van der Waals surface area contributed by atoms with Crippen LogP contribution in [0, 0.1) is 0 Å². The molecule has 1 saturated heterocycles. The monoisotopic (exact) mass is 536 g/mol. The van der Waals surface area contributed by atoms with Crippen molar-refractivity contribution in [2.75, 3.05) is 26.2 Å². The average molecular weight is 536 g/mol. The van der Waals surface area contributed by atoms with E-state index in [9.17, 15) is 4.79 Å². The number of benzene rings is 2. The van der Waals surface area contributed by atoms with E-state index in [2.05, 4.69) is 46.8 Å². The van der Waals surface area contributed by atoms with E-state index in [0.29, 0.717) is 26.1 Å². The molecule has 2 N–H and O–H groups in total. The molecule has 31 heavy (non-hydrogen) atoms. The first-order valence-electron chi connectivity index (χ1n) is 10.8. The van der Waals surface area contributed by atoms with Crippen LogP contribution in [0.5, 0.6) is 5.75 Å². The summed E-state index contributed by atoms with van der Waals surface area (Å²) in [5.74, 6) is 1.97. The highest BCUT2D eigenvalue weighted by atomic mass is 127. The Morgan fingerprint density at radius 2 is 1.81 bits per heavy atom. The third-order valence-electron chi connectivity index (χ3n) is 4.96. The Morgan fingerprint density at radius 1 is 1.06 bits per heavy atom. The summed E-state index contributed by atoms with van der Waals surface area (Å²) >= 11 is 0. The number of ether oxygens (including phenoxy) is 1. The lowest BCUT2D eigenvalue weighted by Gasteiger charge is -2.15. The van der Waals surface area contributed by atoms with E-state index < -0.39 is 0 Å². The number of hydrogen-bond donors (Lipinski definition) is 2. The van der Waals surface area contributed by atoms with Crippen LogP contribution in [0.3, 0.4) is 0 Å². The predicted molar refractivity (Wildman–Crippen MR) is 136 cm³/mol. The zero-order valence-corrected chi connectivity index (χ0v) is 20.5. The fraction of sp³-hybridized carbons (Fsp3) is 0.417. The molecule has 0 atom stereocenters. The number of aliphatic imine (C=N–C) groups is 1. The lowest BCUT2D eigenvalue weighted by Crippen LogP contribution is -2.38. The summed E-state index contributed by atoms with van der Waals surface area (Å²) in [6, 6.07) is 18.2. The Balaban J connectivity index is 0.00000341. The molecule has 2 aromatic carbocycles. The topological polar surface area (TPSA) is 66.0 Å². The van der Waals surface area contributed by atoms with Crippen LogP contribution in [0.25, 0.3) is 0 Å². The first-order chi connectivity index (χ1) is 14.7. The fourth-order valence-corrected chi connectivity index (χ4v) is 3.34. The summed E-state index contributed by atoms with van der Waals surface area (Å²) in [5.41, 5.74) is 2.32. The number of halogens is 1. The van der Waals surface area contributed by atoms with Gasteiger partial charge in [-0.15, -0.1) is 24.0 Å². The summed E-state index contributed by atoms with van der Waals surface area (Å²) < 4.78 is 5.72. The molecule has 6 nitrogen and oxygen atoms in total. The number of rotatable bonds is 10. The van der Waals surface area contributed by atoms with Crippen molar-refractivity contribution in [1.82, 2.24) is 15.5 Å². The van der Waals surface area contributed by atoms with Crippen molar-refractivity contribution >= 4 is 35.8 Å². The smallest absolute Gasteiger partial charge is 0.222 e. The maximum Gasteiger partial charge on any atom is 0.222 e. The van der Waals surface area contributed by atoms with Crippen molar-refractivity contribution < 1.29 is 9.53 Å². The van der Waals surface area contributed by atoms with Gasteiger partial charge in [-0.2, -0.15) is 0 Å². The first-order valence-corrected chi connectivity index (χ1v) is 10.8. The van der Waals surface area contributed by atoms with Gasteiger partial charge in [-0.3, -0.25) is 4.79 Å². The number of guanidine groups is 1. The zero-order valence-electron chi connectivity index (χ0n) is 18.2. The number of likely N-dealkylation sites (tertiary alicyclic amines) is 1. The molecule has 2 aromatic rings. The highest BCUT2D eigenvalue weighted by molar-refractivity contribution is 14.0. The maximum absolute atomic E-state index is 11.8. The summed E-state index contributed by atoms with van der Waals surface area (Å²) in [6.07, 6.45) is 2.55. The van der Waals surface area contributed by atoms with Crippen LogP contribution in [0.4, 0.5) is 0 Å². The third-order valence-corrected chi connectivity index (χ3v) is 4.96. The van der Waals surface area contributed by atoms with Gasteiger partial charge in [0.1, 0.15) is 5.75 Å². The highest BCUT2D eigenvalue weighted by Gasteiger charge is 2.19. The molecule has 0 spiro atoms. The molecule has 1 heterocycles. The number of para-hydroxylation sites is 1. The number of nitrogens with zero attached hydrogens (tertiary/aromatic N) is 2. The second-order valence-electron chi connectivity index (χ2n) is 7.37. The van der Waals surface area contributed by atoms with Crippen LogP contribution >= 0.6 is 24.0 Å². The molecule has 1 aliphatic rings. The van der Waals surface area contributed by atoms with Crippen LogP contribution < -0.4 is 15.4 Å². The Kier molecular flexibility index (Phi) is 11.2. The SMILES string of the molecule is CCNC(=NCc1ccc(CN2CCCC2=O)cc1)NCCCOc1ccccc1.I. The first kappa shape index (κ1) is 25.0. The van der Waals surface area contributed by atoms with Crippen molar-refractivity contribution in [2.45, 2.75) is 39.3 Å². The summed E-state index contributed by atoms with van der Waals surface area (Å²) in [6.45, 7) is 6.52. The number of hydrogen-bond acceptors (Lipinski definition) is 3. The van der Waals surface area contributed by atoms with Crippen molar-refractivity contribution in [2.24, 2.45) is 4.99 Å². The maximum atomic E-state index is 11.8. The molecule has 0 saturated carbocycles. The van der Waals surface area contributed by atoms with Crippen LogP contribution in [-0.4, -0.2) is 43.0 Å². The van der Waals surface area contributed by atoms with E-state index in [0.717, 1.165) is 49.7 Å². The second-order valence-corrected chi connectivity index (χ2v) is 7.37. The number of carbonyl (C=O) groups excluding carboxylic acids is 1. The van der Waals surface area contributed by atoms with Gasteiger partial charge >= 0.3 is 0 Å². The lowest BCUT2D eigenvalue weighted by molar-refractivity contribution is -0.128. The molecule has 0 bridgehead atoms. The van der Waals surface area contributed by atoms with E-state index >= 15 is 0 Å². The van der Waals surface area contributed by atoms with Crippen molar-refractivity contribution in [1.29, 1.82) is 0 Å². The van der Waals surface area contributed by atoms with Gasteiger partial charge in [0.25, 0.3) is 0 Å². The van der Waals surface area contributed by atoms with Gasteiger partial charge in [-0.05, 0) is 43.0 Å². The van der Waals surface area contributed by atoms with Gasteiger partial charge in [0.05, 0.1) is 13.2 Å². The number of carbonyl (C=O) groups is 1. The quantitative estimate of drug-likeness (QED) is 0.209. The van der Waals surface area contributed by atoms with Crippen molar-refractivity contribution in [3.63, 3.8) is 0 Å². The van der Waals surface area contributed by atoms with Gasteiger partial charge in [-0.1, -0.05) is 42.5 Å². The molecular formula is C24H33IN4O2. The standard InChI is InChI=1S/C24H32N4O2.HI/c1-2-25-24(26-15-7-17-30-22-8-4-3-5-9-22)27-18-20-11-13-21(14-12-20)19-28-16-6-10-23(28)29;/h3-5,8-9,11-14H,2,6-7,10,15-19H2,1H3,(H2,25,26,27);1H. The molecule has 0 aromatic heterocycles. The molecular weight excluding hydrogens is 503 g/mol. The van der Waals surface area contributed by atoms with E-state index in [4.69, 9.17) is 4.74 Å². The number of amides is 1. The van der Waals surface area contributed by atoms with Gasteiger partial charge < -0.3 is 20.3 Å². The Morgan fingerprint density at radius 3 is 2.48 bits per heavy atom. The highest BCUT2D eigenvalue weighted by Crippen LogP contribution is 2.15. The molecule has 0 radical (unpaired) electrons. The molecule has 1 fully saturated rings. The molecule has 0 unspecified atom stereocenters. The minimum absolute atomic E-state index is 0. The molecule has 1 amide bonds. The van der Waals surface area contributed by atoms with Crippen LogP contribution in [0.2, 0.25) is 0 Å². The van der Waals surface area contributed by atoms with E-state index in [-0.39, 0.29) is 29.9 Å². The minimum atomic E-state index is 0. The minimum Gasteiger partial charge on any atom is -0.494 e. The van der Waals surface area contributed by atoms with Gasteiger partial charge in [0.15, 0.2) is 5.96 Å². The Bertz CT molecular complexity index is 812. The normalized spacial score (nSPS) is 13.6. The van der Waals surface area contributed by atoms with Crippen LogP contribution in [-0.2, 0) is 17.9 Å².